The van der Waals surface area contributed by atoms with Crippen molar-refractivity contribution in [3.05, 3.63) is 0 Å². The molecule has 0 radical (unpaired) electrons. The summed E-state index contributed by atoms with van der Waals surface area (Å²) >= 11 is 3.55. The van der Waals surface area contributed by atoms with Crippen LogP contribution in [0.5, 0.6) is 0 Å². The van der Waals surface area contributed by atoms with Crippen molar-refractivity contribution >= 4 is 27.9 Å². The van der Waals surface area contributed by atoms with Crippen LogP contribution in [0.25, 0.3) is 0 Å². The maximum absolute atomic E-state index is 10.3. The summed E-state index contributed by atoms with van der Waals surface area (Å²) in [6, 6.07) is 0. The maximum atomic E-state index is 10.3. The van der Waals surface area contributed by atoms with Crippen molar-refractivity contribution in [2.45, 2.75) is 25.7 Å². The van der Waals surface area contributed by atoms with Gasteiger partial charge < -0.3 is 0 Å². The van der Waals surface area contributed by atoms with Gasteiger partial charge in [0.25, 0.3) is 10.1 Å². The normalized spacial score (nSPS) is 11.5. The Kier molecular flexibility index (Phi) is 5.52. The van der Waals surface area contributed by atoms with Crippen LogP contribution in [-0.4, -0.2) is 23.8 Å². The zero-order valence-corrected chi connectivity index (χ0v) is 8.27. The number of unbranched alkanes of at least 4 members (excludes halogenated alkanes) is 2. The van der Waals surface area contributed by atoms with Gasteiger partial charge in [0.2, 0.25) is 0 Å². The molecule has 1 N–H and O–H groups in total. The summed E-state index contributed by atoms with van der Waals surface area (Å²) in [7, 11) is -3.83. The summed E-state index contributed by atoms with van der Waals surface area (Å²) in [5.41, 5.74) is 0. The number of carbonyl (C=O) groups is 1. The van der Waals surface area contributed by atoms with E-state index in [1.54, 1.807) is 0 Å². The van der Waals surface area contributed by atoms with Crippen molar-refractivity contribution in [2.75, 3.05) is 5.75 Å². The van der Waals surface area contributed by atoms with Crippen molar-refractivity contribution < 1.29 is 17.8 Å². The molecule has 4 nitrogen and oxygen atoms in total. The van der Waals surface area contributed by atoms with Gasteiger partial charge in [-0.15, -0.1) is 12.6 Å². The molecule has 0 saturated carbocycles. The first kappa shape index (κ1) is 11.9. The second-order valence-corrected chi connectivity index (χ2v) is 4.56. The molecule has 0 saturated heterocycles. The van der Waals surface area contributed by atoms with Gasteiger partial charge in [0.05, 0.1) is 5.75 Å². The minimum atomic E-state index is -3.83. The molecule has 12 heavy (non-hydrogen) atoms. The van der Waals surface area contributed by atoms with Crippen LogP contribution in [0.4, 0.5) is 0 Å². The molecule has 0 aromatic heterocycles. The number of carbonyl (C=O) groups excluding carboxylic acids is 1. The van der Waals surface area contributed by atoms with E-state index in [9.17, 15) is 13.2 Å². The highest BCUT2D eigenvalue weighted by Crippen LogP contribution is 2.03. The van der Waals surface area contributed by atoms with E-state index < -0.39 is 10.1 Å². The quantitative estimate of drug-likeness (QED) is 0.390. The maximum Gasteiger partial charge on any atom is 0.264 e. The molecular weight excluding hydrogens is 200 g/mol. The second-order valence-electron chi connectivity index (χ2n) is 2.49. The van der Waals surface area contributed by atoms with Crippen LogP contribution in [0, 0.1) is 0 Å². The van der Waals surface area contributed by atoms with Crippen LogP contribution in [0.3, 0.4) is 0 Å². The molecule has 0 unspecified atom stereocenters. The van der Waals surface area contributed by atoms with Crippen molar-refractivity contribution in [2.24, 2.45) is 0 Å². The van der Waals surface area contributed by atoms with E-state index in [2.05, 4.69) is 12.6 Å². The highest BCUT2D eigenvalue weighted by molar-refractivity contribution is 7.96. The average Bonchev–Trinajstić information content (AvgIpc) is 1.83. The van der Waals surface area contributed by atoms with Gasteiger partial charge in [-0.05, 0) is 12.8 Å². The summed E-state index contributed by atoms with van der Waals surface area (Å²) < 4.78 is 28.7. The highest BCUT2D eigenvalue weighted by Gasteiger charge is 2.03. The summed E-state index contributed by atoms with van der Waals surface area (Å²) in [5, 5.41) is -0.193. The first-order valence-electron chi connectivity index (χ1n) is 3.59. The van der Waals surface area contributed by atoms with Gasteiger partial charge in [-0.2, -0.15) is 8.42 Å². The Bertz CT molecular complexity index is 232. The molecule has 0 spiro atoms. The van der Waals surface area contributed by atoms with Crippen LogP contribution in [0.1, 0.15) is 25.7 Å². The third-order valence-corrected chi connectivity index (χ3v) is 2.32. The van der Waals surface area contributed by atoms with Gasteiger partial charge in [0.15, 0.2) is 5.12 Å². The molecular formula is C6H12O4S2. The van der Waals surface area contributed by atoms with Gasteiger partial charge in [-0.25, -0.2) is 0 Å². The van der Waals surface area contributed by atoms with E-state index in [0.29, 0.717) is 25.7 Å². The lowest BCUT2D eigenvalue weighted by Gasteiger charge is -1.96. The molecule has 0 aliphatic heterocycles. The van der Waals surface area contributed by atoms with Crippen molar-refractivity contribution in [3.63, 3.8) is 0 Å². The van der Waals surface area contributed by atoms with Crippen LogP contribution < -0.4 is 0 Å². The predicted octanol–water partition coefficient (Wildman–Crippen LogP) is 0.891. The summed E-state index contributed by atoms with van der Waals surface area (Å²) in [6.07, 6.45) is 1.98. The Morgan fingerprint density at radius 3 is 2.25 bits per heavy atom. The highest BCUT2D eigenvalue weighted by atomic mass is 32.2. The number of rotatable bonds is 6. The third kappa shape index (κ3) is 9.93. The van der Waals surface area contributed by atoms with E-state index in [1.165, 1.54) is 0 Å². The lowest BCUT2D eigenvalue weighted by Crippen LogP contribution is -2.03. The molecule has 0 amide bonds. The molecule has 0 aliphatic carbocycles. The SMILES string of the molecule is O=C(S)CCCCCS(=O)(=O)O. The van der Waals surface area contributed by atoms with E-state index in [1.807, 2.05) is 0 Å². The van der Waals surface area contributed by atoms with E-state index in [0.717, 1.165) is 0 Å². The molecule has 0 aromatic rings. The van der Waals surface area contributed by atoms with Crippen LogP contribution in [0.15, 0.2) is 0 Å². The van der Waals surface area contributed by atoms with E-state index in [4.69, 9.17) is 4.55 Å². The summed E-state index contributed by atoms with van der Waals surface area (Å²) in [6.45, 7) is 0. The molecule has 0 aromatic carbocycles. The molecule has 0 rings (SSSR count). The van der Waals surface area contributed by atoms with Crippen molar-refractivity contribution in [1.29, 1.82) is 0 Å². The van der Waals surface area contributed by atoms with Gasteiger partial charge >= 0.3 is 0 Å². The first-order chi connectivity index (χ1) is 5.42. The number of hydrogen-bond acceptors (Lipinski definition) is 3. The third-order valence-electron chi connectivity index (χ3n) is 1.29. The Morgan fingerprint density at radius 2 is 1.83 bits per heavy atom. The van der Waals surface area contributed by atoms with Gasteiger partial charge in [-0.3, -0.25) is 9.35 Å². The lowest BCUT2D eigenvalue weighted by molar-refractivity contribution is -0.110. The smallest absolute Gasteiger partial charge is 0.264 e. The fourth-order valence-electron chi connectivity index (χ4n) is 0.737. The van der Waals surface area contributed by atoms with Crippen LogP contribution in [-0.2, 0) is 14.9 Å². The predicted molar refractivity (Wildman–Crippen MR) is 48.9 cm³/mol. The molecule has 6 heteroatoms. The Balaban J connectivity index is 3.29. The average molecular weight is 212 g/mol. The summed E-state index contributed by atoms with van der Waals surface area (Å²) in [4.78, 5) is 10.3. The first-order valence-corrected chi connectivity index (χ1v) is 5.64. The van der Waals surface area contributed by atoms with Crippen molar-refractivity contribution in [1.82, 2.24) is 0 Å². The van der Waals surface area contributed by atoms with E-state index >= 15 is 0 Å². The minimum absolute atomic E-state index is 0.193. The van der Waals surface area contributed by atoms with Gasteiger partial charge in [0, 0.05) is 6.42 Å². The number of thiol groups is 1. The fourth-order valence-corrected chi connectivity index (χ4v) is 1.46. The Labute approximate surface area is 77.5 Å². The molecule has 0 aliphatic rings. The Hall–Kier alpha value is -0.0700. The minimum Gasteiger partial charge on any atom is -0.288 e. The topological polar surface area (TPSA) is 71.4 Å². The molecule has 0 atom stereocenters. The van der Waals surface area contributed by atoms with Crippen LogP contribution in [0.2, 0.25) is 0 Å². The van der Waals surface area contributed by atoms with Gasteiger partial charge in [0.1, 0.15) is 0 Å². The monoisotopic (exact) mass is 212 g/mol. The Morgan fingerprint density at radius 1 is 1.25 bits per heavy atom. The molecule has 0 heterocycles. The van der Waals surface area contributed by atoms with Crippen LogP contribution >= 0.6 is 12.6 Å². The molecule has 0 fully saturated rings. The summed E-state index contributed by atoms with van der Waals surface area (Å²) in [5.74, 6) is -0.228. The molecule has 72 valence electrons. The largest absolute Gasteiger partial charge is 0.288 e. The van der Waals surface area contributed by atoms with Crippen molar-refractivity contribution in [3.8, 4) is 0 Å². The lowest BCUT2D eigenvalue weighted by atomic mass is 10.2. The van der Waals surface area contributed by atoms with Gasteiger partial charge in [-0.1, -0.05) is 6.42 Å². The number of hydrogen-bond donors (Lipinski definition) is 2. The fraction of sp³-hybridized carbons (Fsp3) is 0.833. The zero-order chi connectivity index (χ0) is 9.61. The zero-order valence-electron chi connectivity index (χ0n) is 6.56. The second kappa shape index (κ2) is 5.55. The van der Waals surface area contributed by atoms with E-state index in [-0.39, 0.29) is 10.9 Å². The standard InChI is InChI=1S/C6H12O4S2/c7-6(11)4-2-1-3-5-12(8,9)10/h1-5H2,(H,7,11)(H,8,9,10). The molecule has 0 bridgehead atoms.